The van der Waals surface area contributed by atoms with Crippen molar-refractivity contribution >= 4 is 22.8 Å². The van der Waals surface area contributed by atoms with E-state index in [2.05, 4.69) is 15.3 Å². The van der Waals surface area contributed by atoms with Crippen LogP contribution in [0, 0.1) is 5.92 Å². The Hall–Kier alpha value is -1.99. The molecule has 132 valence electrons. The van der Waals surface area contributed by atoms with Crippen molar-refractivity contribution in [3.8, 4) is 10.7 Å². The number of hydrogen-bond acceptors (Lipinski definition) is 6. The molecule has 0 spiro atoms. The van der Waals surface area contributed by atoms with Crippen LogP contribution in [0.15, 0.2) is 29.9 Å². The molecule has 3 heterocycles. The molecule has 1 aliphatic carbocycles. The van der Waals surface area contributed by atoms with Crippen LogP contribution in [0.25, 0.3) is 16.3 Å². The van der Waals surface area contributed by atoms with Crippen LogP contribution < -0.4 is 5.32 Å². The molecule has 25 heavy (non-hydrogen) atoms. The zero-order chi connectivity index (χ0) is 17.4. The summed E-state index contributed by atoms with van der Waals surface area (Å²) in [6, 6.07) is 4.36. The van der Waals surface area contributed by atoms with Crippen LogP contribution in [0.5, 0.6) is 0 Å². The van der Waals surface area contributed by atoms with Gasteiger partial charge in [0.25, 0.3) is 0 Å². The van der Waals surface area contributed by atoms with Gasteiger partial charge >= 0.3 is 0 Å². The maximum Gasteiger partial charge on any atom is 0.154 e. The molecule has 1 aliphatic rings. The van der Waals surface area contributed by atoms with Crippen LogP contribution in [-0.4, -0.2) is 36.3 Å². The summed E-state index contributed by atoms with van der Waals surface area (Å²) >= 11 is 1.58. The molecule has 0 aliphatic heterocycles. The maximum absolute atomic E-state index is 10.2. The lowest BCUT2D eigenvalue weighted by molar-refractivity contribution is -0.000405. The summed E-state index contributed by atoms with van der Waals surface area (Å²) in [4.78, 5) is 8.77. The van der Waals surface area contributed by atoms with Gasteiger partial charge in [-0.15, -0.1) is 16.4 Å². The fourth-order valence-electron chi connectivity index (χ4n) is 3.60. The molecular weight excluding hydrogens is 334 g/mol. The normalized spacial score (nSPS) is 21.6. The fourth-order valence-corrected chi connectivity index (χ4v) is 4.23. The monoisotopic (exact) mass is 357 g/mol. The minimum atomic E-state index is -0.582. The second-order valence-corrected chi connectivity index (χ2v) is 8.21. The summed E-state index contributed by atoms with van der Waals surface area (Å²) in [5.41, 5.74) is 1.16. The molecule has 1 fully saturated rings. The number of rotatable bonds is 4. The Morgan fingerprint density at radius 3 is 2.68 bits per heavy atom. The van der Waals surface area contributed by atoms with Gasteiger partial charge in [0, 0.05) is 17.6 Å². The summed E-state index contributed by atoms with van der Waals surface area (Å²) in [6.45, 7) is 3.83. The molecular formula is C18H23N5OS. The summed E-state index contributed by atoms with van der Waals surface area (Å²) in [6.07, 6.45) is 7.80. The number of imidazole rings is 1. The summed E-state index contributed by atoms with van der Waals surface area (Å²) in [5, 5.41) is 21.3. The molecule has 0 aromatic carbocycles. The van der Waals surface area contributed by atoms with Crippen molar-refractivity contribution in [1.82, 2.24) is 19.6 Å². The third-order valence-corrected chi connectivity index (χ3v) is 5.89. The van der Waals surface area contributed by atoms with Crippen LogP contribution in [0.3, 0.4) is 0 Å². The van der Waals surface area contributed by atoms with Gasteiger partial charge < -0.3 is 10.4 Å². The van der Waals surface area contributed by atoms with Crippen LogP contribution in [0.2, 0.25) is 0 Å². The van der Waals surface area contributed by atoms with Gasteiger partial charge in [-0.1, -0.05) is 0 Å². The Kier molecular flexibility index (Phi) is 4.21. The third kappa shape index (κ3) is 3.39. The van der Waals surface area contributed by atoms with E-state index in [9.17, 15) is 5.11 Å². The highest BCUT2D eigenvalue weighted by atomic mass is 32.1. The predicted octanol–water partition coefficient (Wildman–Crippen LogP) is 3.59. The van der Waals surface area contributed by atoms with Crippen molar-refractivity contribution in [2.45, 2.75) is 51.2 Å². The summed E-state index contributed by atoms with van der Waals surface area (Å²) in [5.74, 6) is 1.24. The number of aliphatic hydroxyl groups is 1. The molecule has 2 N–H and O–H groups in total. The van der Waals surface area contributed by atoms with E-state index in [0.717, 1.165) is 47.8 Å². The second-order valence-electron chi connectivity index (χ2n) is 7.32. The Morgan fingerprint density at radius 1 is 1.20 bits per heavy atom. The summed E-state index contributed by atoms with van der Waals surface area (Å²) < 4.78 is 1.85. The number of hydrogen-bond donors (Lipinski definition) is 2. The van der Waals surface area contributed by atoms with Crippen molar-refractivity contribution in [2.24, 2.45) is 5.92 Å². The molecule has 0 amide bonds. The van der Waals surface area contributed by atoms with E-state index in [0.29, 0.717) is 12.0 Å². The van der Waals surface area contributed by atoms with E-state index in [1.54, 1.807) is 17.5 Å². The molecule has 0 saturated heterocycles. The average molecular weight is 357 g/mol. The Labute approximate surface area is 150 Å². The zero-order valence-corrected chi connectivity index (χ0v) is 15.3. The second kappa shape index (κ2) is 6.38. The van der Waals surface area contributed by atoms with E-state index in [4.69, 9.17) is 5.10 Å². The highest BCUT2D eigenvalue weighted by Crippen LogP contribution is 2.33. The molecule has 6 nitrogen and oxygen atoms in total. The SMILES string of the molecule is CC(C)(O)C1CCC(Nc2ccc3ncc(-c4nccs4)n3n2)CC1. The van der Waals surface area contributed by atoms with Crippen LogP contribution in [0.4, 0.5) is 5.82 Å². The lowest BCUT2D eigenvalue weighted by Gasteiger charge is -2.36. The van der Waals surface area contributed by atoms with E-state index in [-0.39, 0.29) is 0 Å². The van der Waals surface area contributed by atoms with Gasteiger partial charge in [-0.2, -0.15) is 0 Å². The number of aromatic nitrogens is 4. The Balaban J connectivity index is 1.50. The molecule has 0 unspecified atom stereocenters. The van der Waals surface area contributed by atoms with Gasteiger partial charge in [0.1, 0.15) is 16.5 Å². The lowest BCUT2D eigenvalue weighted by Crippen LogP contribution is -2.37. The fraction of sp³-hybridized carbons (Fsp3) is 0.500. The van der Waals surface area contributed by atoms with E-state index in [1.165, 1.54) is 0 Å². The first-order valence-corrected chi connectivity index (χ1v) is 9.62. The van der Waals surface area contributed by atoms with Gasteiger partial charge in [0.05, 0.1) is 11.8 Å². The van der Waals surface area contributed by atoms with Crippen molar-refractivity contribution in [3.63, 3.8) is 0 Å². The molecule has 0 atom stereocenters. The van der Waals surface area contributed by atoms with Crippen molar-refractivity contribution in [1.29, 1.82) is 0 Å². The first-order valence-electron chi connectivity index (χ1n) is 8.74. The third-order valence-electron chi connectivity index (χ3n) is 5.09. The highest BCUT2D eigenvalue weighted by Gasteiger charge is 2.31. The minimum Gasteiger partial charge on any atom is -0.390 e. The number of fused-ring (bicyclic) bond motifs is 1. The summed E-state index contributed by atoms with van der Waals surface area (Å²) in [7, 11) is 0. The molecule has 1 saturated carbocycles. The first-order chi connectivity index (χ1) is 12.0. The van der Waals surface area contributed by atoms with Crippen LogP contribution in [-0.2, 0) is 0 Å². The molecule has 4 rings (SSSR count). The zero-order valence-electron chi connectivity index (χ0n) is 14.5. The lowest BCUT2D eigenvalue weighted by atomic mass is 9.77. The van der Waals surface area contributed by atoms with Crippen LogP contribution in [0.1, 0.15) is 39.5 Å². The van der Waals surface area contributed by atoms with E-state index < -0.39 is 5.60 Å². The van der Waals surface area contributed by atoms with Gasteiger partial charge in [0.2, 0.25) is 0 Å². The quantitative estimate of drug-likeness (QED) is 0.746. The number of nitrogens with zero attached hydrogens (tertiary/aromatic N) is 4. The maximum atomic E-state index is 10.2. The number of nitrogens with one attached hydrogen (secondary N) is 1. The highest BCUT2D eigenvalue weighted by molar-refractivity contribution is 7.13. The molecule has 3 aromatic rings. The molecule has 0 radical (unpaired) electrons. The predicted molar refractivity (Wildman–Crippen MR) is 99.8 cm³/mol. The number of thiazole rings is 1. The molecule has 0 bridgehead atoms. The van der Waals surface area contributed by atoms with Crippen LogP contribution >= 0.6 is 11.3 Å². The smallest absolute Gasteiger partial charge is 0.154 e. The van der Waals surface area contributed by atoms with E-state index >= 15 is 0 Å². The standard InChI is InChI=1S/C18H23N5OS/c1-18(2,24)12-3-5-13(6-4-12)21-15-7-8-16-20-11-14(23(16)22-15)17-19-9-10-25-17/h7-13,24H,3-6H2,1-2H3,(H,21,22). The minimum absolute atomic E-state index is 0.381. The van der Waals surface area contributed by atoms with Crippen molar-refractivity contribution in [2.75, 3.05) is 5.32 Å². The van der Waals surface area contributed by atoms with Gasteiger partial charge in [-0.05, 0) is 57.6 Å². The van der Waals surface area contributed by atoms with Gasteiger partial charge in [-0.3, -0.25) is 0 Å². The van der Waals surface area contributed by atoms with E-state index in [1.807, 2.05) is 42.1 Å². The van der Waals surface area contributed by atoms with Crippen molar-refractivity contribution < 1.29 is 5.11 Å². The average Bonchev–Trinajstić information content (AvgIpc) is 3.23. The van der Waals surface area contributed by atoms with Crippen molar-refractivity contribution in [3.05, 3.63) is 29.9 Å². The molecule has 3 aromatic heterocycles. The topological polar surface area (TPSA) is 75.3 Å². The molecule has 7 heteroatoms. The number of anilines is 1. The van der Waals surface area contributed by atoms with Gasteiger partial charge in [-0.25, -0.2) is 14.5 Å². The van der Waals surface area contributed by atoms with Gasteiger partial charge in [0.15, 0.2) is 5.65 Å². The Morgan fingerprint density at radius 2 is 2.00 bits per heavy atom. The first kappa shape index (κ1) is 16.5. The largest absolute Gasteiger partial charge is 0.390 e. The Bertz CT molecular complexity index is 844.